The predicted molar refractivity (Wildman–Crippen MR) is 64.4 cm³/mol. The Morgan fingerprint density at radius 3 is 2.84 bits per heavy atom. The van der Waals surface area contributed by atoms with Crippen molar-refractivity contribution in [3.8, 4) is 12.1 Å². The van der Waals surface area contributed by atoms with Gasteiger partial charge in [-0.05, 0) is 25.5 Å². The van der Waals surface area contributed by atoms with Gasteiger partial charge in [-0.2, -0.15) is 10.5 Å². The number of nitrogens with zero attached hydrogens (tertiary/aromatic N) is 2. The molecule has 2 rings (SSSR count). The SMILES string of the molecule is CCOC(=O)C1=CCC(C#N)(C#N)[C@@H]1c1ccco1. The zero-order valence-corrected chi connectivity index (χ0v) is 10.4. The molecule has 19 heavy (non-hydrogen) atoms. The zero-order chi connectivity index (χ0) is 13.9. The van der Waals surface area contributed by atoms with Gasteiger partial charge >= 0.3 is 5.97 Å². The van der Waals surface area contributed by atoms with Crippen LogP contribution in [0.5, 0.6) is 0 Å². The highest BCUT2D eigenvalue weighted by Gasteiger charge is 2.50. The summed E-state index contributed by atoms with van der Waals surface area (Å²) in [5.74, 6) is -0.771. The fourth-order valence-corrected chi connectivity index (χ4v) is 2.28. The molecule has 1 aromatic heterocycles. The molecule has 1 atom stereocenters. The molecule has 0 aromatic carbocycles. The molecule has 1 heterocycles. The first kappa shape index (κ1) is 12.9. The summed E-state index contributed by atoms with van der Waals surface area (Å²) in [6.07, 6.45) is 3.24. The molecule has 1 aliphatic carbocycles. The van der Waals surface area contributed by atoms with Crippen molar-refractivity contribution in [2.75, 3.05) is 6.61 Å². The van der Waals surface area contributed by atoms with Crippen molar-refractivity contribution in [1.29, 1.82) is 10.5 Å². The number of rotatable bonds is 3. The Morgan fingerprint density at radius 1 is 1.58 bits per heavy atom. The summed E-state index contributed by atoms with van der Waals surface area (Å²) in [5.41, 5.74) is -0.986. The van der Waals surface area contributed by atoms with Crippen LogP contribution in [0.1, 0.15) is 25.0 Å². The summed E-state index contributed by atoms with van der Waals surface area (Å²) in [7, 11) is 0. The molecular formula is C14H12N2O3. The highest BCUT2D eigenvalue weighted by Crippen LogP contribution is 2.49. The minimum Gasteiger partial charge on any atom is -0.469 e. The number of carbonyl (C=O) groups is 1. The number of carbonyl (C=O) groups excluding carboxylic acids is 1. The van der Waals surface area contributed by atoms with Gasteiger partial charge in [0.05, 0.1) is 30.9 Å². The topological polar surface area (TPSA) is 87.0 Å². The van der Waals surface area contributed by atoms with Gasteiger partial charge in [0, 0.05) is 5.57 Å². The van der Waals surface area contributed by atoms with E-state index < -0.39 is 17.3 Å². The molecule has 0 saturated heterocycles. The van der Waals surface area contributed by atoms with Gasteiger partial charge in [-0.3, -0.25) is 0 Å². The summed E-state index contributed by atoms with van der Waals surface area (Å²) in [6, 6.07) is 7.34. The molecule has 0 aliphatic heterocycles. The molecule has 0 amide bonds. The number of ether oxygens (including phenoxy) is 1. The summed E-state index contributed by atoms with van der Waals surface area (Å²) in [4.78, 5) is 11.9. The number of hydrogen-bond acceptors (Lipinski definition) is 5. The molecule has 0 spiro atoms. The smallest absolute Gasteiger partial charge is 0.334 e. The fourth-order valence-electron chi connectivity index (χ4n) is 2.28. The molecule has 0 bridgehead atoms. The maximum Gasteiger partial charge on any atom is 0.334 e. The average molecular weight is 256 g/mol. The number of esters is 1. The van der Waals surface area contributed by atoms with E-state index in [1.165, 1.54) is 6.26 Å². The zero-order valence-electron chi connectivity index (χ0n) is 10.4. The molecule has 1 aromatic rings. The van der Waals surface area contributed by atoms with Crippen molar-refractivity contribution >= 4 is 5.97 Å². The van der Waals surface area contributed by atoms with Crippen molar-refractivity contribution in [2.45, 2.75) is 19.3 Å². The Balaban J connectivity index is 2.45. The van der Waals surface area contributed by atoms with Crippen molar-refractivity contribution in [3.63, 3.8) is 0 Å². The quantitative estimate of drug-likeness (QED) is 0.774. The Morgan fingerprint density at radius 2 is 2.32 bits per heavy atom. The van der Waals surface area contributed by atoms with E-state index in [1.54, 1.807) is 25.1 Å². The van der Waals surface area contributed by atoms with E-state index in [9.17, 15) is 15.3 Å². The van der Waals surface area contributed by atoms with Crippen molar-refractivity contribution in [1.82, 2.24) is 0 Å². The van der Waals surface area contributed by atoms with Crippen LogP contribution < -0.4 is 0 Å². The first-order valence-electron chi connectivity index (χ1n) is 5.91. The van der Waals surface area contributed by atoms with E-state index >= 15 is 0 Å². The monoisotopic (exact) mass is 256 g/mol. The van der Waals surface area contributed by atoms with Gasteiger partial charge in [0.25, 0.3) is 0 Å². The highest BCUT2D eigenvalue weighted by molar-refractivity contribution is 5.91. The minimum absolute atomic E-state index is 0.194. The van der Waals surface area contributed by atoms with E-state index in [0.717, 1.165) is 0 Å². The predicted octanol–water partition coefficient (Wildman–Crippen LogP) is 2.29. The maximum atomic E-state index is 11.9. The second-order valence-electron chi connectivity index (χ2n) is 4.23. The van der Waals surface area contributed by atoms with Crippen molar-refractivity contribution < 1.29 is 13.9 Å². The Kier molecular flexibility index (Phi) is 3.39. The van der Waals surface area contributed by atoms with Gasteiger partial charge in [-0.15, -0.1) is 0 Å². The summed E-state index contributed by atoms with van der Waals surface area (Å²) in [5, 5.41) is 18.6. The van der Waals surface area contributed by atoms with E-state index in [4.69, 9.17) is 9.15 Å². The number of allylic oxidation sites excluding steroid dienone is 1. The van der Waals surface area contributed by atoms with Crippen LogP contribution in [-0.4, -0.2) is 12.6 Å². The lowest BCUT2D eigenvalue weighted by atomic mass is 9.76. The first-order chi connectivity index (χ1) is 9.18. The Labute approximate surface area is 110 Å². The second kappa shape index (κ2) is 4.99. The van der Waals surface area contributed by atoms with Crippen molar-refractivity contribution in [2.24, 2.45) is 5.41 Å². The molecule has 0 N–H and O–H groups in total. The van der Waals surface area contributed by atoms with Crippen LogP contribution in [0.25, 0.3) is 0 Å². The molecule has 0 saturated carbocycles. The Hall–Kier alpha value is -2.53. The third kappa shape index (κ3) is 2.00. The standard InChI is InChI=1S/C14H12N2O3/c1-2-18-13(17)10-5-6-14(8-15,9-16)12(10)11-4-3-7-19-11/h3-5,7,12H,2,6H2,1H3/t12-/m0/s1. The molecule has 1 aliphatic rings. The van der Waals surface area contributed by atoms with Crippen LogP contribution in [0.2, 0.25) is 0 Å². The first-order valence-corrected chi connectivity index (χ1v) is 5.91. The maximum absolute atomic E-state index is 11.9. The molecule has 0 unspecified atom stereocenters. The van der Waals surface area contributed by atoms with Gasteiger partial charge in [0.15, 0.2) is 5.41 Å². The van der Waals surface area contributed by atoms with Crippen LogP contribution in [0.15, 0.2) is 34.5 Å². The lowest BCUT2D eigenvalue weighted by molar-refractivity contribution is -0.138. The van der Waals surface area contributed by atoms with Crippen LogP contribution in [-0.2, 0) is 9.53 Å². The third-order valence-electron chi connectivity index (χ3n) is 3.19. The van der Waals surface area contributed by atoms with Crippen LogP contribution in [0.4, 0.5) is 0 Å². The largest absolute Gasteiger partial charge is 0.469 e. The van der Waals surface area contributed by atoms with Gasteiger partial charge in [-0.25, -0.2) is 4.79 Å². The number of hydrogen-bond donors (Lipinski definition) is 0. The van der Waals surface area contributed by atoms with E-state index in [2.05, 4.69) is 0 Å². The molecule has 5 heteroatoms. The van der Waals surface area contributed by atoms with Gasteiger partial charge < -0.3 is 9.15 Å². The summed E-state index contributed by atoms with van der Waals surface area (Å²) >= 11 is 0. The summed E-state index contributed by atoms with van der Waals surface area (Å²) < 4.78 is 10.3. The molecule has 5 nitrogen and oxygen atoms in total. The fraction of sp³-hybridized carbons (Fsp3) is 0.357. The molecule has 0 fully saturated rings. The van der Waals surface area contributed by atoms with E-state index in [1.807, 2.05) is 12.1 Å². The van der Waals surface area contributed by atoms with Gasteiger partial charge in [-0.1, -0.05) is 6.08 Å². The van der Waals surface area contributed by atoms with E-state index in [-0.39, 0.29) is 13.0 Å². The third-order valence-corrected chi connectivity index (χ3v) is 3.19. The van der Waals surface area contributed by atoms with Gasteiger partial charge in [0.1, 0.15) is 5.76 Å². The van der Waals surface area contributed by atoms with Crippen molar-refractivity contribution in [3.05, 3.63) is 35.8 Å². The van der Waals surface area contributed by atoms with Gasteiger partial charge in [0.2, 0.25) is 0 Å². The Bertz CT molecular complexity index is 573. The minimum atomic E-state index is -1.31. The molecule has 96 valence electrons. The second-order valence-corrected chi connectivity index (χ2v) is 4.23. The lowest BCUT2D eigenvalue weighted by Gasteiger charge is -2.21. The number of furan rings is 1. The normalized spacial score (nSPS) is 20.2. The number of nitriles is 2. The molecular weight excluding hydrogens is 244 g/mol. The van der Waals surface area contributed by atoms with Crippen LogP contribution in [0.3, 0.4) is 0 Å². The van der Waals surface area contributed by atoms with Crippen LogP contribution >= 0.6 is 0 Å². The molecule has 0 radical (unpaired) electrons. The summed E-state index contributed by atoms with van der Waals surface area (Å²) in [6.45, 7) is 1.95. The lowest BCUT2D eigenvalue weighted by Crippen LogP contribution is -2.25. The van der Waals surface area contributed by atoms with E-state index in [0.29, 0.717) is 11.3 Å². The highest BCUT2D eigenvalue weighted by atomic mass is 16.5. The van der Waals surface area contributed by atoms with Crippen LogP contribution in [0, 0.1) is 28.1 Å². The average Bonchev–Trinajstić information content (AvgIpc) is 3.06.